The zero-order chi connectivity index (χ0) is 15.4. The number of unbranched alkanes of at least 4 members (excludes halogenated alkanes) is 2. The maximum absolute atomic E-state index is 11.8. The van der Waals surface area contributed by atoms with Crippen LogP contribution in [0.25, 0.3) is 0 Å². The number of carbonyl (C=O) groups is 2. The van der Waals surface area contributed by atoms with Gasteiger partial charge >= 0.3 is 126 Å². The van der Waals surface area contributed by atoms with Crippen molar-refractivity contribution in [2.75, 3.05) is 14.2 Å². The van der Waals surface area contributed by atoms with Gasteiger partial charge in [0.25, 0.3) is 0 Å². The van der Waals surface area contributed by atoms with Crippen LogP contribution >= 0.6 is 0 Å². The Morgan fingerprint density at radius 3 is 1.85 bits per heavy atom. The monoisotopic (exact) mass is 394 g/mol. The summed E-state index contributed by atoms with van der Waals surface area (Å²) >= 11 is -3.33. The molecule has 0 atom stereocenters. The van der Waals surface area contributed by atoms with Crippen molar-refractivity contribution in [2.45, 2.75) is 48.4 Å². The topological polar surface area (TPSA) is 61.8 Å². The molecule has 0 amide bonds. The van der Waals surface area contributed by atoms with Crippen LogP contribution in [-0.4, -0.2) is 45.4 Å². The Labute approximate surface area is 126 Å². The van der Waals surface area contributed by atoms with Gasteiger partial charge in [0.2, 0.25) is 0 Å². The fraction of sp³-hybridized carbons (Fsp3) is 0.714. The molecule has 0 fully saturated rings. The van der Waals surface area contributed by atoms with E-state index in [1.165, 1.54) is 7.11 Å². The van der Waals surface area contributed by atoms with Crippen LogP contribution < -0.4 is 0 Å². The van der Waals surface area contributed by atoms with Crippen molar-refractivity contribution >= 4 is 31.1 Å². The van der Waals surface area contributed by atoms with Crippen molar-refractivity contribution in [2.24, 2.45) is 0 Å². The van der Waals surface area contributed by atoms with E-state index in [0.29, 0.717) is 0 Å². The van der Waals surface area contributed by atoms with Crippen LogP contribution in [0.3, 0.4) is 0 Å². The van der Waals surface area contributed by atoms with Gasteiger partial charge < -0.3 is 0 Å². The molecule has 0 saturated carbocycles. The number of hydrogen-bond donors (Lipinski definition) is 0. The third kappa shape index (κ3) is 7.89. The summed E-state index contributed by atoms with van der Waals surface area (Å²) in [4.78, 5) is 22.8. The summed E-state index contributed by atoms with van der Waals surface area (Å²) in [5, 5.41) is 0. The molecule has 0 aliphatic heterocycles. The van der Waals surface area contributed by atoms with E-state index in [1.807, 2.05) is 0 Å². The van der Waals surface area contributed by atoms with E-state index in [2.05, 4.69) is 18.6 Å². The third-order valence-electron chi connectivity index (χ3n) is 3.04. The second kappa shape index (κ2) is 11.1. The summed E-state index contributed by atoms with van der Waals surface area (Å²) in [6.07, 6.45) is 6.29. The number of hydrogen-bond acceptors (Lipinski definition) is 5. The zero-order valence-electron chi connectivity index (χ0n) is 12.9. The van der Waals surface area contributed by atoms with Gasteiger partial charge in [0.05, 0.1) is 0 Å². The molecule has 20 heavy (non-hydrogen) atoms. The van der Waals surface area contributed by atoms with E-state index in [9.17, 15) is 9.59 Å². The number of ether oxygens (including phenoxy) is 1. The van der Waals surface area contributed by atoms with Crippen molar-refractivity contribution in [3.63, 3.8) is 0 Å². The Hall–Kier alpha value is -0.561. The molecule has 0 bridgehead atoms. The molecule has 0 radical (unpaired) electrons. The maximum atomic E-state index is 11.8. The normalized spacial score (nSPS) is 11.6. The third-order valence-corrected chi connectivity index (χ3v) is 13.2. The standard InChI is InChI=1S/C5H6O4.2C4H9.CH3O.Sn/c1-9-5(8)3-2-4(6)7;2*1-3-4-2;1-2;/h2-3H,1H3,(H,6,7);2*1,3-4H2,2H3;1H3;/q;;;-1;+2/p-1/b3-2-;;;;. The van der Waals surface area contributed by atoms with Crippen LogP contribution in [-0.2, 0) is 20.5 Å². The van der Waals surface area contributed by atoms with Crippen LogP contribution in [0, 0.1) is 0 Å². The molecular weight excluding hydrogens is 367 g/mol. The fourth-order valence-electron chi connectivity index (χ4n) is 1.79. The quantitative estimate of drug-likeness (QED) is 0.325. The molecule has 0 aliphatic rings. The van der Waals surface area contributed by atoms with Crippen molar-refractivity contribution in [1.82, 2.24) is 0 Å². The van der Waals surface area contributed by atoms with Crippen LogP contribution in [0.5, 0.6) is 0 Å². The Morgan fingerprint density at radius 1 is 0.950 bits per heavy atom. The Kier molecular flexibility index (Phi) is 10.8. The van der Waals surface area contributed by atoms with Crippen molar-refractivity contribution < 1.29 is 20.5 Å². The first-order valence-electron chi connectivity index (χ1n) is 7.07. The number of rotatable bonds is 10. The van der Waals surface area contributed by atoms with Gasteiger partial charge in [-0.3, -0.25) is 0 Å². The molecule has 0 aliphatic carbocycles. The Morgan fingerprint density at radius 2 is 1.45 bits per heavy atom. The summed E-state index contributed by atoms with van der Waals surface area (Å²) in [5.41, 5.74) is 0. The number of esters is 1. The van der Waals surface area contributed by atoms with Crippen LogP contribution in [0.4, 0.5) is 0 Å². The Bertz CT molecular complexity index is 320. The predicted molar refractivity (Wildman–Crippen MR) is 79.4 cm³/mol. The molecule has 0 aromatic rings. The second-order valence-electron chi connectivity index (χ2n) is 4.60. The molecule has 0 spiro atoms. The zero-order valence-corrected chi connectivity index (χ0v) is 15.8. The first-order chi connectivity index (χ1) is 9.53. The fourth-order valence-corrected chi connectivity index (χ4v) is 10.8. The summed E-state index contributed by atoms with van der Waals surface area (Å²) in [7, 11) is 2.90. The van der Waals surface area contributed by atoms with Gasteiger partial charge in [-0.25, -0.2) is 0 Å². The van der Waals surface area contributed by atoms with Crippen LogP contribution in [0.15, 0.2) is 12.2 Å². The molecular formula is C14H26O5Sn. The summed E-state index contributed by atoms with van der Waals surface area (Å²) < 4.78 is 17.5. The van der Waals surface area contributed by atoms with E-state index in [4.69, 9.17) is 6.15 Å². The summed E-state index contributed by atoms with van der Waals surface area (Å²) in [6, 6.07) is 0. The molecule has 0 aromatic carbocycles. The van der Waals surface area contributed by atoms with Gasteiger partial charge in [-0.05, 0) is 0 Å². The predicted octanol–water partition coefficient (Wildman–Crippen LogP) is 2.95. The minimum absolute atomic E-state index is 0.500. The van der Waals surface area contributed by atoms with Gasteiger partial charge in [0, 0.05) is 0 Å². The number of carbonyl (C=O) groups excluding carboxylic acids is 2. The second-order valence-corrected chi connectivity index (χ2v) is 14.4. The van der Waals surface area contributed by atoms with Crippen LogP contribution in [0.2, 0.25) is 8.87 Å². The molecule has 5 nitrogen and oxygen atoms in total. The van der Waals surface area contributed by atoms with Gasteiger partial charge in [-0.15, -0.1) is 0 Å². The van der Waals surface area contributed by atoms with E-state index in [1.54, 1.807) is 7.11 Å². The van der Waals surface area contributed by atoms with Gasteiger partial charge in [0.15, 0.2) is 0 Å². The summed E-state index contributed by atoms with van der Waals surface area (Å²) in [5.74, 6) is -1.07. The van der Waals surface area contributed by atoms with Gasteiger partial charge in [-0.2, -0.15) is 0 Å². The van der Waals surface area contributed by atoms with E-state index in [0.717, 1.165) is 46.7 Å². The molecule has 0 N–H and O–H groups in total. The molecule has 0 saturated heterocycles. The van der Waals surface area contributed by atoms with E-state index >= 15 is 0 Å². The van der Waals surface area contributed by atoms with Gasteiger partial charge in [-0.1, -0.05) is 0 Å². The van der Waals surface area contributed by atoms with E-state index < -0.39 is 31.1 Å². The Balaban J connectivity index is 4.71. The van der Waals surface area contributed by atoms with Crippen LogP contribution in [0.1, 0.15) is 39.5 Å². The van der Waals surface area contributed by atoms with Crippen molar-refractivity contribution in [1.29, 1.82) is 0 Å². The van der Waals surface area contributed by atoms with Crippen molar-refractivity contribution in [3.8, 4) is 0 Å². The minimum atomic E-state index is -3.33. The SMILES string of the molecule is CCC[CH2][Sn]([CH2]CCC)([O]C)[O]C(=O)/C=C\C(=O)OC. The molecule has 6 heteroatoms. The average Bonchev–Trinajstić information content (AvgIpc) is 2.47. The number of methoxy groups -OCH3 is 1. The molecule has 116 valence electrons. The first kappa shape index (κ1) is 19.4. The molecule has 0 aromatic heterocycles. The average molecular weight is 393 g/mol. The molecule has 0 unspecified atom stereocenters. The molecule has 0 heterocycles. The molecule has 0 rings (SSSR count). The van der Waals surface area contributed by atoms with Crippen molar-refractivity contribution in [3.05, 3.63) is 12.2 Å². The first-order valence-corrected chi connectivity index (χ1v) is 13.4. The summed E-state index contributed by atoms with van der Waals surface area (Å²) in [6.45, 7) is 4.20. The van der Waals surface area contributed by atoms with E-state index in [-0.39, 0.29) is 0 Å². The van der Waals surface area contributed by atoms with Gasteiger partial charge in [0.1, 0.15) is 0 Å².